The lowest BCUT2D eigenvalue weighted by atomic mass is 9.93. The van der Waals surface area contributed by atoms with Gasteiger partial charge < -0.3 is 4.74 Å². The van der Waals surface area contributed by atoms with E-state index in [-0.39, 0.29) is 0 Å². The van der Waals surface area contributed by atoms with E-state index in [9.17, 15) is 57.1 Å². The molecule has 15 heteroatoms. The smallest absolute Gasteiger partial charge is 0.377 e. The minimum Gasteiger partial charge on any atom is -0.377 e. The van der Waals surface area contributed by atoms with Gasteiger partial charge in [0, 0.05) is 6.42 Å². The van der Waals surface area contributed by atoms with Gasteiger partial charge in [0.15, 0.2) is 0 Å². The molecule has 0 N–H and O–H groups in total. The second-order valence-corrected chi connectivity index (χ2v) is 6.21. The largest absolute Gasteiger partial charge is 0.460 e. The van der Waals surface area contributed by atoms with Crippen molar-refractivity contribution in [1.82, 2.24) is 0 Å². The van der Waals surface area contributed by atoms with Gasteiger partial charge >= 0.3 is 35.8 Å². The molecule has 0 bridgehead atoms. The van der Waals surface area contributed by atoms with Gasteiger partial charge in [0.1, 0.15) is 0 Å². The summed E-state index contributed by atoms with van der Waals surface area (Å²) in [5, 5.41) is 2.94. The predicted octanol–water partition coefficient (Wildman–Crippen LogP) is 6.39. The third-order valence-electron chi connectivity index (χ3n) is 3.41. The third-order valence-corrected chi connectivity index (χ3v) is 4.14. The van der Waals surface area contributed by atoms with E-state index in [2.05, 4.69) is 4.74 Å². The Morgan fingerprint density at radius 3 is 1.64 bits per heavy atom. The van der Waals surface area contributed by atoms with Crippen molar-refractivity contribution >= 4 is 11.3 Å². The van der Waals surface area contributed by atoms with Gasteiger partial charge in [0.25, 0.3) is 0 Å². The Kier molecular flexibility index (Phi) is 6.67. The Morgan fingerprint density at radius 2 is 1.21 bits per heavy atom. The van der Waals surface area contributed by atoms with E-state index >= 15 is 0 Å². The van der Waals surface area contributed by atoms with Crippen LogP contribution in [0.4, 0.5) is 57.1 Å². The van der Waals surface area contributed by atoms with Gasteiger partial charge in [-0.05, 0) is 22.4 Å². The maximum atomic E-state index is 13.4. The summed E-state index contributed by atoms with van der Waals surface area (Å²) in [5.74, 6) is -36.7. The first kappa shape index (κ1) is 24.8. The van der Waals surface area contributed by atoms with Gasteiger partial charge in [-0.1, -0.05) is 0 Å². The lowest BCUT2D eigenvalue weighted by molar-refractivity contribution is -0.440. The second kappa shape index (κ2) is 7.54. The Balaban J connectivity index is 3.01. The van der Waals surface area contributed by atoms with Crippen molar-refractivity contribution < 1.29 is 61.8 Å². The van der Waals surface area contributed by atoms with Crippen LogP contribution in [0.1, 0.15) is 12.0 Å². The van der Waals surface area contributed by atoms with Crippen molar-refractivity contribution in [2.24, 2.45) is 0 Å². The minimum absolute atomic E-state index is 0.363. The Morgan fingerprint density at radius 1 is 0.714 bits per heavy atom. The normalized spacial score (nSPS) is 15.2. The number of hydrogen-bond acceptors (Lipinski definition) is 2. The summed E-state index contributed by atoms with van der Waals surface area (Å²) >= 11 is 1.12. The molecule has 0 saturated heterocycles. The van der Waals surface area contributed by atoms with E-state index in [0.717, 1.165) is 11.3 Å². The fourth-order valence-corrected chi connectivity index (χ4v) is 2.38. The average molecular weight is 460 g/mol. The van der Waals surface area contributed by atoms with E-state index < -0.39 is 55.4 Å². The molecule has 0 aliphatic carbocycles. The molecule has 1 nitrogen and oxygen atoms in total. The molecule has 1 aromatic rings. The Bertz CT molecular complexity index is 635. The summed E-state index contributed by atoms with van der Waals surface area (Å²) in [6.45, 7) is -1.86. The van der Waals surface area contributed by atoms with E-state index in [4.69, 9.17) is 0 Å². The number of halogens is 13. The molecule has 0 aliphatic heterocycles. The molecule has 1 heterocycles. The Labute approximate surface area is 152 Å². The quantitative estimate of drug-likeness (QED) is 0.307. The van der Waals surface area contributed by atoms with Gasteiger partial charge in [0.2, 0.25) is 0 Å². The zero-order chi connectivity index (χ0) is 22.2. The average Bonchev–Trinajstić information content (AvgIpc) is 3.03. The number of thiophene rings is 1. The lowest BCUT2D eigenvalue weighted by Crippen LogP contribution is -2.70. The van der Waals surface area contributed by atoms with Crippen LogP contribution in [0.3, 0.4) is 0 Å². The molecule has 1 aromatic heterocycles. The molecular weight excluding hydrogens is 451 g/mol. The topological polar surface area (TPSA) is 9.23 Å². The fourth-order valence-electron chi connectivity index (χ4n) is 1.72. The molecule has 0 atom stereocenters. The van der Waals surface area contributed by atoms with Crippen molar-refractivity contribution in [3.8, 4) is 0 Å². The van der Waals surface area contributed by atoms with E-state index in [1.165, 1.54) is 16.8 Å². The second-order valence-electron chi connectivity index (χ2n) is 5.43. The van der Waals surface area contributed by atoms with Crippen LogP contribution in [0.25, 0.3) is 0 Å². The van der Waals surface area contributed by atoms with E-state index in [0.29, 0.717) is 5.56 Å². The van der Waals surface area contributed by atoms with Crippen molar-refractivity contribution in [3.05, 3.63) is 22.4 Å². The van der Waals surface area contributed by atoms with Crippen LogP contribution >= 0.6 is 11.3 Å². The standard InChI is InChI=1S/C13H9F13OS/c14-8(15,2-3-27-5-7-1-4-28-6-7)9(16,17)10(18,19)11(20,21)12(22,23)13(24,25)26/h1,4,6H,2-3,5H2. The van der Waals surface area contributed by atoms with Crippen LogP contribution in [-0.4, -0.2) is 42.4 Å². The highest BCUT2D eigenvalue weighted by molar-refractivity contribution is 7.07. The Hall–Kier alpha value is -1.25. The number of ether oxygens (including phenoxy) is 1. The molecular formula is C13H9F13OS. The predicted molar refractivity (Wildman–Crippen MR) is 69.4 cm³/mol. The van der Waals surface area contributed by atoms with Crippen LogP contribution in [0.15, 0.2) is 16.8 Å². The van der Waals surface area contributed by atoms with Gasteiger partial charge in [-0.25, -0.2) is 0 Å². The highest BCUT2D eigenvalue weighted by Gasteiger charge is 2.90. The summed E-state index contributed by atoms with van der Waals surface area (Å²) < 4.78 is 171. The highest BCUT2D eigenvalue weighted by Crippen LogP contribution is 2.60. The molecule has 28 heavy (non-hydrogen) atoms. The van der Waals surface area contributed by atoms with Crippen LogP contribution in [0.5, 0.6) is 0 Å². The van der Waals surface area contributed by atoms with Crippen molar-refractivity contribution in [2.45, 2.75) is 48.8 Å². The van der Waals surface area contributed by atoms with Crippen molar-refractivity contribution in [1.29, 1.82) is 0 Å². The van der Waals surface area contributed by atoms with Crippen LogP contribution in [0, 0.1) is 0 Å². The van der Waals surface area contributed by atoms with Gasteiger partial charge in [0.05, 0.1) is 13.2 Å². The van der Waals surface area contributed by atoms with Crippen LogP contribution in [0.2, 0.25) is 0 Å². The van der Waals surface area contributed by atoms with Crippen LogP contribution in [-0.2, 0) is 11.3 Å². The summed E-state index contributed by atoms with van der Waals surface area (Å²) in [6, 6.07) is 1.41. The number of rotatable bonds is 9. The first-order valence-electron chi connectivity index (χ1n) is 6.87. The lowest BCUT2D eigenvalue weighted by Gasteiger charge is -2.39. The maximum absolute atomic E-state index is 13.4. The first-order chi connectivity index (χ1) is 12.3. The monoisotopic (exact) mass is 460 g/mol. The molecule has 0 spiro atoms. The summed E-state index contributed by atoms with van der Waals surface area (Å²) in [7, 11) is 0. The molecule has 0 amide bonds. The first-order valence-corrected chi connectivity index (χ1v) is 7.82. The van der Waals surface area contributed by atoms with Crippen molar-refractivity contribution in [2.75, 3.05) is 6.61 Å². The zero-order valence-corrected chi connectivity index (χ0v) is 13.9. The maximum Gasteiger partial charge on any atom is 0.460 e. The zero-order valence-electron chi connectivity index (χ0n) is 13.1. The highest BCUT2D eigenvalue weighted by atomic mass is 32.1. The summed E-state index contributed by atoms with van der Waals surface area (Å²) in [4.78, 5) is 0. The summed E-state index contributed by atoms with van der Waals surface area (Å²) in [6.07, 6.45) is -9.76. The summed E-state index contributed by atoms with van der Waals surface area (Å²) in [5.41, 5.74) is 0.363. The van der Waals surface area contributed by atoms with Crippen LogP contribution < -0.4 is 0 Å². The molecule has 0 unspecified atom stereocenters. The fraction of sp³-hybridized carbons (Fsp3) is 0.692. The van der Waals surface area contributed by atoms with Gasteiger partial charge in [-0.3, -0.25) is 0 Å². The van der Waals surface area contributed by atoms with E-state index in [1.54, 1.807) is 0 Å². The third kappa shape index (κ3) is 4.04. The molecule has 0 aliphatic rings. The molecule has 1 rings (SSSR count). The molecule has 0 saturated carbocycles. The minimum atomic E-state index is -7.87. The molecule has 164 valence electrons. The molecule has 0 fully saturated rings. The SMILES string of the molecule is FC(F)(F)C(F)(F)C(F)(F)C(F)(F)C(F)(F)C(F)(F)CCOCc1ccsc1. The van der Waals surface area contributed by atoms with Gasteiger partial charge in [-0.2, -0.15) is 68.4 Å². The molecule has 0 radical (unpaired) electrons. The van der Waals surface area contributed by atoms with E-state index in [1.807, 2.05) is 0 Å². The molecule has 0 aromatic carbocycles. The van der Waals surface area contributed by atoms with Crippen molar-refractivity contribution in [3.63, 3.8) is 0 Å². The van der Waals surface area contributed by atoms with Gasteiger partial charge in [-0.15, -0.1) is 0 Å². The number of alkyl halides is 13. The number of hydrogen-bond donors (Lipinski definition) is 0.